The highest BCUT2D eigenvalue weighted by atomic mass is 19.4. The second-order valence-corrected chi connectivity index (χ2v) is 7.59. The standard InChI is InChI=1S/C15H8F19NO3/c16-7(17,6(38)35-3-1-2-4(35)5(36)37)8(18,19)9(20,21)10(22,23)11(24,25)12(26,27)13(28,29)14(30,31)15(32,33)34/h4H,1-3H2,(H,36,37)/t4-/m0/s1. The van der Waals surface area contributed by atoms with Gasteiger partial charge in [0.15, 0.2) is 0 Å². The highest BCUT2D eigenvalue weighted by Gasteiger charge is 2.97. The molecule has 23 heteroatoms. The molecule has 1 rings (SSSR count). The second-order valence-electron chi connectivity index (χ2n) is 7.59. The Labute approximate surface area is 195 Å². The summed E-state index contributed by atoms with van der Waals surface area (Å²) < 4.78 is 252. The van der Waals surface area contributed by atoms with Gasteiger partial charge in [0.1, 0.15) is 6.04 Å². The highest BCUT2D eigenvalue weighted by Crippen LogP contribution is 2.65. The molecule has 0 aromatic heterocycles. The molecular weight excluding hydrogens is 603 g/mol. The maximum absolute atomic E-state index is 14.0. The van der Waals surface area contributed by atoms with Crippen LogP contribution >= 0.6 is 0 Å². The van der Waals surface area contributed by atoms with Crippen LogP contribution in [-0.4, -0.2) is 88.0 Å². The van der Waals surface area contributed by atoms with Crippen LogP contribution in [0.2, 0.25) is 0 Å². The zero-order chi connectivity index (χ0) is 30.9. The smallest absolute Gasteiger partial charge is 0.460 e. The van der Waals surface area contributed by atoms with Gasteiger partial charge in [0.2, 0.25) is 0 Å². The number of halogens is 19. The molecule has 1 fully saturated rings. The fourth-order valence-electron chi connectivity index (χ4n) is 2.94. The van der Waals surface area contributed by atoms with Crippen LogP contribution in [0.3, 0.4) is 0 Å². The van der Waals surface area contributed by atoms with E-state index >= 15 is 0 Å². The predicted molar refractivity (Wildman–Crippen MR) is 78.0 cm³/mol. The minimum absolute atomic E-state index is 0.635. The SMILES string of the molecule is O=C(O)[C@@H]1CCCN1C(=O)C(F)(F)C(F)(F)C(F)(F)C(F)(F)C(F)(F)C(F)(F)C(F)(F)C(F)(F)C(F)(F)F. The maximum atomic E-state index is 14.0. The lowest BCUT2D eigenvalue weighted by Gasteiger charge is -2.43. The molecule has 1 saturated heterocycles. The van der Waals surface area contributed by atoms with E-state index < -0.39 is 95.8 Å². The Balaban J connectivity index is 3.70. The van der Waals surface area contributed by atoms with Gasteiger partial charge in [-0.25, -0.2) is 4.79 Å². The Morgan fingerprint density at radius 1 is 0.553 bits per heavy atom. The monoisotopic (exact) mass is 611 g/mol. The number of amides is 1. The van der Waals surface area contributed by atoms with E-state index in [4.69, 9.17) is 5.11 Å². The summed E-state index contributed by atoms with van der Waals surface area (Å²) in [6.07, 6.45) is -9.46. The van der Waals surface area contributed by atoms with Crippen molar-refractivity contribution in [2.45, 2.75) is 72.4 Å². The average molecular weight is 611 g/mol. The molecule has 0 aromatic rings. The Kier molecular flexibility index (Phi) is 7.80. The number of carboxylic acid groups (broad SMARTS) is 1. The number of hydrogen-bond donors (Lipinski definition) is 1. The summed E-state index contributed by atoms with van der Waals surface area (Å²) in [6.45, 7) is -1.28. The molecule has 0 aromatic carbocycles. The van der Waals surface area contributed by atoms with E-state index in [1.54, 1.807) is 0 Å². The van der Waals surface area contributed by atoms with Crippen molar-refractivity contribution in [3.8, 4) is 0 Å². The fourth-order valence-corrected chi connectivity index (χ4v) is 2.94. The molecule has 4 nitrogen and oxygen atoms in total. The first-order valence-electron chi connectivity index (χ1n) is 8.97. The summed E-state index contributed by atoms with van der Waals surface area (Å²) in [5.41, 5.74) is 0. The molecule has 0 radical (unpaired) electrons. The van der Waals surface area contributed by atoms with Crippen molar-refractivity contribution in [3.63, 3.8) is 0 Å². The van der Waals surface area contributed by atoms with E-state index in [-0.39, 0.29) is 0 Å². The van der Waals surface area contributed by atoms with Gasteiger partial charge in [-0.05, 0) is 12.8 Å². The van der Waals surface area contributed by atoms with E-state index in [2.05, 4.69) is 0 Å². The van der Waals surface area contributed by atoms with Gasteiger partial charge in [-0.3, -0.25) is 4.79 Å². The third-order valence-corrected chi connectivity index (χ3v) is 5.18. The van der Waals surface area contributed by atoms with E-state index in [1.165, 1.54) is 0 Å². The number of rotatable bonds is 9. The number of carbonyl (C=O) groups excluding carboxylic acids is 1. The molecule has 1 aliphatic rings. The number of nitrogens with zero attached hydrogens (tertiary/aromatic N) is 1. The number of likely N-dealkylation sites (tertiary alicyclic amines) is 1. The van der Waals surface area contributed by atoms with E-state index in [9.17, 15) is 93.0 Å². The van der Waals surface area contributed by atoms with Crippen LogP contribution in [0.5, 0.6) is 0 Å². The Morgan fingerprint density at radius 2 is 0.868 bits per heavy atom. The van der Waals surface area contributed by atoms with Gasteiger partial charge in [-0.1, -0.05) is 0 Å². The molecule has 0 saturated carbocycles. The van der Waals surface area contributed by atoms with Gasteiger partial charge < -0.3 is 10.0 Å². The largest absolute Gasteiger partial charge is 0.480 e. The van der Waals surface area contributed by atoms with Gasteiger partial charge in [-0.2, -0.15) is 83.4 Å². The van der Waals surface area contributed by atoms with Crippen molar-refractivity contribution in [1.82, 2.24) is 4.90 Å². The molecule has 1 atom stereocenters. The molecule has 0 spiro atoms. The zero-order valence-corrected chi connectivity index (χ0v) is 17.1. The van der Waals surface area contributed by atoms with Crippen LogP contribution in [0.4, 0.5) is 83.4 Å². The first-order chi connectivity index (χ1) is 16.3. The Bertz CT molecular complexity index is 940. The summed E-state index contributed by atoms with van der Waals surface area (Å²) in [5.74, 6) is -75.0. The third-order valence-electron chi connectivity index (χ3n) is 5.18. The quantitative estimate of drug-likeness (QED) is 0.341. The molecule has 1 heterocycles. The minimum atomic E-state index is -9.10. The van der Waals surface area contributed by atoms with Gasteiger partial charge in [0, 0.05) is 6.54 Å². The Hall–Kier alpha value is -2.39. The van der Waals surface area contributed by atoms with Crippen LogP contribution in [0, 0.1) is 0 Å². The van der Waals surface area contributed by atoms with Crippen molar-refractivity contribution >= 4 is 11.9 Å². The molecule has 1 aliphatic heterocycles. The molecule has 1 N–H and O–H groups in total. The number of aliphatic carboxylic acids is 1. The number of hydrogen-bond acceptors (Lipinski definition) is 2. The summed E-state index contributed by atoms with van der Waals surface area (Å²) >= 11 is 0. The first kappa shape index (κ1) is 33.6. The summed E-state index contributed by atoms with van der Waals surface area (Å²) in [4.78, 5) is 21.6. The molecule has 0 unspecified atom stereocenters. The molecule has 0 bridgehead atoms. The molecule has 1 amide bonds. The normalized spacial score (nSPS) is 19.7. The first-order valence-corrected chi connectivity index (χ1v) is 8.97. The summed E-state index contributed by atoms with van der Waals surface area (Å²) in [6, 6.07) is -2.52. The fraction of sp³-hybridized carbons (Fsp3) is 0.867. The van der Waals surface area contributed by atoms with Crippen LogP contribution in [0.15, 0.2) is 0 Å². The Morgan fingerprint density at radius 3 is 1.18 bits per heavy atom. The number of carboxylic acids is 1. The highest BCUT2D eigenvalue weighted by molar-refractivity contribution is 5.89. The topological polar surface area (TPSA) is 57.6 Å². The number of alkyl halides is 19. The van der Waals surface area contributed by atoms with Gasteiger partial charge >= 0.3 is 65.4 Å². The van der Waals surface area contributed by atoms with Crippen LogP contribution in [0.25, 0.3) is 0 Å². The van der Waals surface area contributed by atoms with Crippen molar-refractivity contribution in [2.24, 2.45) is 0 Å². The van der Waals surface area contributed by atoms with E-state index in [0.29, 0.717) is 0 Å². The predicted octanol–water partition coefficient (Wildman–Crippen LogP) is 5.71. The van der Waals surface area contributed by atoms with Crippen LogP contribution < -0.4 is 0 Å². The average Bonchev–Trinajstić information content (AvgIpc) is 3.21. The van der Waals surface area contributed by atoms with Gasteiger partial charge in [-0.15, -0.1) is 0 Å². The lowest BCUT2D eigenvalue weighted by Crippen LogP contribution is -2.76. The van der Waals surface area contributed by atoms with E-state index in [1.807, 2.05) is 0 Å². The van der Waals surface area contributed by atoms with Crippen molar-refractivity contribution in [3.05, 3.63) is 0 Å². The molecule has 38 heavy (non-hydrogen) atoms. The van der Waals surface area contributed by atoms with Crippen LogP contribution in [0.1, 0.15) is 12.8 Å². The lowest BCUT2D eigenvalue weighted by atomic mass is 9.87. The van der Waals surface area contributed by atoms with Crippen molar-refractivity contribution in [2.75, 3.05) is 6.54 Å². The summed E-state index contributed by atoms with van der Waals surface area (Å²) in [5, 5.41) is 8.70. The third kappa shape index (κ3) is 4.08. The molecule has 0 aliphatic carbocycles. The molecule has 224 valence electrons. The van der Waals surface area contributed by atoms with Gasteiger partial charge in [0.05, 0.1) is 0 Å². The minimum Gasteiger partial charge on any atom is -0.480 e. The summed E-state index contributed by atoms with van der Waals surface area (Å²) in [7, 11) is 0. The number of carbonyl (C=O) groups is 2. The van der Waals surface area contributed by atoms with E-state index in [0.717, 1.165) is 0 Å². The lowest BCUT2D eigenvalue weighted by molar-refractivity contribution is -0.467. The van der Waals surface area contributed by atoms with Gasteiger partial charge in [0.25, 0.3) is 0 Å². The zero-order valence-electron chi connectivity index (χ0n) is 17.1. The maximum Gasteiger partial charge on any atom is 0.460 e. The van der Waals surface area contributed by atoms with Crippen molar-refractivity contribution in [1.29, 1.82) is 0 Å². The van der Waals surface area contributed by atoms with Crippen LogP contribution in [-0.2, 0) is 9.59 Å². The second kappa shape index (κ2) is 8.81. The molecular formula is C15H8F19NO3. The van der Waals surface area contributed by atoms with Crippen molar-refractivity contribution < 1.29 is 98.1 Å².